The minimum atomic E-state index is 0.487. The van der Waals surface area contributed by atoms with Crippen LogP contribution in [0, 0.1) is 11.3 Å². The molecule has 4 heteroatoms. The molecule has 0 amide bonds. The van der Waals surface area contributed by atoms with Crippen LogP contribution in [0.25, 0.3) is 5.70 Å². The number of nitrogens with zero attached hydrogens (tertiary/aromatic N) is 1. The number of benzene rings is 1. The van der Waals surface area contributed by atoms with E-state index in [0.29, 0.717) is 11.3 Å². The molecular weight excluding hydrogens is 256 g/mol. The minimum Gasteiger partial charge on any atom is -0.496 e. The maximum Gasteiger partial charge on any atom is 0.133 e. The zero-order valence-corrected chi connectivity index (χ0v) is 10.1. The topological polar surface area (TPSA) is 59.0 Å². The average Bonchev–Trinajstić information content (AvgIpc) is 2.26. The smallest absolute Gasteiger partial charge is 0.133 e. The molecule has 0 spiro atoms. The first kappa shape index (κ1) is 11.6. The maximum absolute atomic E-state index is 8.71. The third-order valence-corrected chi connectivity index (χ3v) is 2.65. The number of ether oxygens (including phenoxy) is 1. The van der Waals surface area contributed by atoms with E-state index < -0.39 is 0 Å². The van der Waals surface area contributed by atoms with Crippen molar-refractivity contribution in [2.75, 3.05) is 7.11 Å². The molecule has 0 heterocycles. The van der Waals surface area contributed by atoms with E-state index in [1.165, 1.54) is 0 Å². The molecule has 0 aromatic heterocycles. The van der Waals surface area contributed by atoms with E-state index in [1.54, 1.807) is 20.1 Å². The Morgan fingerprint density at radius 1 is 1.53 bits per heavy atom. The maximum atomic E-state index is 8.71. The van der Waals surface area contributed by atoms with Crippen LogP contribution in [-0.4, -0.2) is 7.11 Å². The van der Waals surface area contributed by atoms with E-state index in [9.17, 15) is 0 Å². The summed E-state index contributed by atoms with van der Waals surface area (Å²) in [5.41, 5.74) is 7.61. The van der Waals surface area contributed by atoms with Crippen LogP contribution in [0.2, 0.25) is 0 Å². The van der Waals surface area contributed by atoms with E-state index >= 15 is 0 Å². The number of allylic oxidation sites excluding steroid dienone is 1. The third kappa shape index (κ3) is 2.51. The number of methoxy groups -OCH3 is 1. The molecule has 2 N–H and O–H groups in total. The summed E-state index contributed by atoms with van der Waals surface area (Å²) in [6.07, 6.45) is 0. The third-order valence-electron chi connectivity index (χ3n) is 2.03. The van der Waals surface area contributed by atoms with Crippen molar-refractivity contribution < 1.29 is 4.74 Å². The van der Waals surface area contributed by atoms with Crippen molar-refractivity contribution in [3.05, 3.63) is 33.8 Å². The second-order valence-electron chi connectivity index (χ2n) is 3.00. The number of nitrogens with two attached hydrogens (primary N) is 1. The molecule has 0 bridgehead atoms. The first-order valence-electron chi connectivity index (χ1n) is 4.30. The zero-order valence-electron chi connectivity index (χ0n) is 8.54. The van der Waals surface area contributed by atoms with Gasteiger partial charge >= 0.3 is 0 Å². The van der Waals surface area contributed by atoms with E-state index in [1.807, 2.05) is 18.2 Å². The molecule has 0 aliphatic heterocycles. The SMILES string of the molecule is COc1ccc(/C(N)=C(/C)C#N)cc1Br. The molecule has 15 heavy (non-hydrogen) atoms. The molecule has 3 nitrogen and oxygen atoms in total. The Kier molecular flexibility index (Phi) is 3.75. The summed E-state index contributed by atoms with van der Waals surface area (Å²) in [7, 11) is 1.60. The second kappa shape index (κ2) is 4.85. The minimum absolute atomic E-state index is 0.487. The zero-order chi connectivity index (χ0) is 11.4. The lowest BCUT2D eigenvalue weighted by Gasteiger charge is -2.07. The van der Waals surface area contributed by atoms with Gasteiger partial charge in [-0.05, 0) is 46.6 Å². The molecule has 0 radical (unpaired) electrons. The Bertz CT molecular complexity index is 446. The van der Waals surface area contributed by atoms with Crippen LogP contribution in [0.4, 0.5) is 0 Å². The molecule has 1 rings (SSSR count). The van der Waals surface area contributed by atoms with Gasteiger partial charge in [-0.25, -0.2) is 0 Å². The average molecular weight is 267 g/mol. The summed E-state index contributed by atoms with van der Waals surface area (Å²) in [6, 6.07) is 7.47. The van der Waals surface area contributed by atoms with Crippen molar-refractivity contribution in [3.63, 3.8) is 0 Å². The van der Waals surface area contributed by atoms with Gasteiger partial charge in [-0.15, -0.1) is 0 Å². The van der Waals surface area contributed by atoms with Gasteiger partial charge in [0.1, 0.15) is 5.75 Å². The van der Waals surface area contributed by atoms with Gasteiger partial charge in [0.2, 0.25) is 0 Å². The van der Waals surface area contributed by atoms with Crippen molar-refractivity contribution in [3.8, 4) is 11.8 Å². The Morgan fingerprint density at radius 3 is 2.67 bits per heavy atom. The summed E-state index contributed by atoms with van der Waals surface area (Å²) < 4.78 is 5.91. The van der Waals surface area contributed by atoms with Crippen LogP contribution in [0.1, 0.15) is 12.5 Å². The Balaban J connectivity index is 3.20. The van der Waals surface area contributed by atoms with Gasteiger partial charge in [0.05, 0.1) is 23.3 Å². The van der Waals surface area contributed by atoms with Gasteiger partial charge < -0.3 is 10.5 Å². The monoisotopic (exact) mass is 266 g/mol. The molecule has 0 aliphatic rings. The Morgan fingerprint density at radius 2 is 2.20 bits per heavy atom. The lowest BCUT2D eigenvalue weighted by molar-refractivity contribution is 0.412. The van der Waals surface area contributed by atoms with Gasteiger partial charge in [-0.2, -0.15) is 5.26 Å². The molecule has 0 unspecified atom stereocenters. The highest BCUT2D eigenvalue weighted by molar-refractivity contribution is 9.10. The summed E-state index contributed by atoms with van der Waals surface area (Å²) in [5.74, 6) is 0.737. The van der Waals surface area contributed by atoms with Crippen LogP contribution < -0.4 is 10.5 Å². The van der Waals surface area contributed by atoms with Gasteiger partial charge in [0.25, 0.3) is 0 Å². The van der Waals surface area contributed by atoms with Crippen LogP contribution in [0.15, 0.2) is 28.2 Å². The Labute approximate surface area is 97.3 Å². The summed E-state index contributed by atoms with van der Waals surface area (Å²) in [6.45, 7) is 1.69. The molecule has 0 saturated heterocycles. The Hall–Kier alpha value is -1.47. The summed E-state index contributed by atoms with van der Waals surface area (Å²) in [4.78, 5) is 0. The fourth-order valence-corrected chi connectivity index (χ4v) is 1.65. The molecule has 1 aromatic rings. The van der Waals surface area contributed by atoms with Crippen molar-refractivity contribution in [1.29, 1.82) is 5.26 Å². The van der Waals surface area contributed by atoms with E-state index in [-0.39, 0.29) is 0 Å². The van der Waals surface area contributed by atoms with Crippen LogP contribution >= 0.6 is 15.9 Å². The number of hydrogen-bond donors (Lipinski definition) is 1. The van der Waals surface area contributed by atoms with Gasteiger partial charge in [-0.1, -0.05) is 0 Å². The normalized spacial score (nSPS) is 11.6. The van der Waals surface area contributed by atoms with Gasteiger partial charge in [0, 0.05) is 5.57 Å². The predicted octanol–water partition coefficient (Wildman–Crippen LogP) is 2.67. The predicted molar refractivity (Wildman–Crippen MR) is 63.1 cm³/mol. The summed E-state index contributed by atoms with van der Waals surface area (Å²) in [5, 5.41) is 8.71. The highest BCUT2D eigenvalue weighted by atomic mass is 79.9. The lowest BCUT2D eigenvalue weighted by Crippen LogP contribution is -1.99. The van der Waals surface area contributed by atoms with Crippen molar-refractivity contribution >= 4 is 21.6 Å². The molecule has 0 atom stereocenters. The second-order valence-corrected chi connectivity index (χ2v) is 3.85. The fourth-order valence-electron chi connectivity index (χ4n) is 1.11. The lowest BCUT2D eigenvalue weighted by atomic mass is 10.1. The number of nitriles is 1. The van der Waals surface area contributed by atoms with E-state index in [0.717, 1.165) is 15.8 Å². The highest BCUT2D eigenvalue weighted by Crippen LogP contribution is 2.27. The summed E-state index contributed by atoms with van der Waals surface area (Å²) >= 11 is 3.36. The first-order valence-corrected chi connectivity index (χ1v) is 5.09. The number of halogens is 1. The van der Waals surface area contributed by atoms with E-state index in [4.69, 9.17) is 15.7 Å². The standard InChI is InChI=1S/C11H11BrN2O/c1-7(6-13)11(14)8-3-4-10(15-2)9(12)5-8/h3-5H,14H2,1-2H3/b11-7+. The van der Waals surface area contributed by atoms with Crippen LogP contribution in [0.5, 0.6) is 5.75 Å². The molecule has 0 aliphatic carbocycles. The molecule has 0 saturated carbocycles. The highest BCUT2D eigenvalue weighted by Gasteiger charge is 2.05. The van der Waals surface area contributed by atoms with E-state index in [2.05, 4.69) is 15.9 Å². The largest absolute Gasteiger partial charge is 0.496 e. The number of rotatable bonds is 2. The van der Waals surface area contributed by atoms with Gasteiger partial charge in [0.15, 0.2) is 0 Å². The molecular formula is C11H11BrN2O. The van der Waals surface area contributed by atoms with Crippen molar-refractivity contribution in [2.24, 2.45) is 5.73 Å². The molecule has 1 aromatic carbocycles. The molecule has 0 fully saturated rings. The van der Waals surface area contributed by atoms with Gasteiger partial charge in [-0.3, -0.25) is 0 Å². The first-order chi connectivity index (χ1) is 7.10. The quantitative estimate of drug-likeness (QED) is 0.838. The number of hydrogen-bond acceptors (Lipinski definition) is 3. The fraction of sp³-hybridized carbons (Fsp3) is 0.182. The van der Waals surface area contributed by atoms with Crippen molar-refractivity contribution in [1.82, 2.24) is 0 Å². The van der Waals surface area contributed by atoms with Crippen LogP contribution in [0.3, 0.4) is 0 Å². The van der Waals surface area contributed by atoms with Crippen molar-refractivity contribution in [2.45, 2.75) is 6.92 Å². The molecule has 78 valence electrons. The van der Waals surface area contributed by atoms with Crippen LogP contribution in [-0.2, 0) is 0 Å².